The van der Waals surface area contributed by atoms with Gasteiger partial charge in [-0.2, -0.15) is 0 Å². The Kier molecular flexibility index (Phi) is 2.96. The Labute approximate surface area is 89.0 Å². The predicted molar refractivity (Wildman–Crippen MR) is 54.5 cm³/mol. The highest BCUT2D eigenvalue weighted by molar-refractivity contribution is 5.70. The van der Waals surface area contributed by atoms with Gasteiger partial charge in [0.2, 0.25) is 0 Å². The van der Waals surface area contributed by atoms with Crippen LogP contribution in [0.4, 0.5) is 4.39 Å². The largest absolute Gasteiger partial charge is 0.481 e. The molecule has 2 aliphatic rings. The molecule has 0 unspecified atom stereocenters. The first-order valence-electron chi connectivity index (χ1n) is 5.74. The standard InChI is InChI=1S/C11H18FNO2/c12-11(7-13-9-1-2-9)5-3-8(4-6-11)10(14)15/h8-9,13H,1-7H2,(H,14,15). The Morgan fingerprint density at radius 2 is 1.93 bits per heavy atom. The first-order valence-corrected chi connectivity index (χ1v) is 5.74. The predicted octanol–water partition coefficient (Wildman–Crippen LogP) is 1.72. The van der Waals surface area contributed by atoms with Crippen LogP contribution in [0.2, 0.25) is 0 Å². The van der Waals surface area contributed by atoms with Crippen molar-refractivity contribution in [3.8, 4) is 0 Å². The maximum Gasteiger partial charge on any atom is 0.306 e. The van der Waals surface area contributed by atoms with Crippen molar-refractivity contribution in [3.05, 3.63) is 0 Å². The van der Waals surface area contributed by atoms with Crippen molar-refractivity contribution in [2.24, 2.45) is 5.92 Å². The number of aliphatic carboxylic acids is 1. The van der Waals surface area contributed by atoms with Crippen LogP contribution in [-0.2, 0) is 4.79 Å². The zero-order valence-electron chi connectivity index (χ0n) is 8.84. The van der Waals surface area contributed by atoms with Gasteiger partial charge in [0, 0.05) is 12.6 Å². The Morgan fingerprint density at radius 1 is 1.33 bits per heavy atom. The Bertz CT molecular complexity index is 245. The smallest absolute Gasteiger partial charge is 0.306 e. The molecule has 0 aliphatic heterocycles. The molecule has 2 aliphatic carbocycles. The van der Waals surface area contributed by atoms with E-state index in [0.29, 0.717) is 38.3 Å². The zero-order chi connectivity index (χ0) is 10.9. The van der Waals surface area contributed by atoms with E-state index in [0.717, 1.165) is 12.8 Å². The lowest BCUT2D eigenvalue weighted by molar-refractivity contribution is -0.143. The van der Waals surface area contributed by atoms with Gasteiger partial charge in [0.05, 0.1) is 5.92 Å². The van der Waals surface area contributed by atoms with Crippen LogP contribution in [0.3, 0.4) is 0 Å². The minimum Gasteiger partial charge on any atom is -0.481 e. The number of rotatable bonds is 4. The second-order valence-corrected chi connectivity index (χ2v) is 4.92. The highest BCUT2D eigenvalue weighted by Crippen LogP contribution is 2.35. The van der Waals surface area contributed by atoms with Crippen LogP contribution in [0.1, 0.15) is 38.5 Å². The number of halogens is 1. The molecule has 0 aromatic carbocycles. The van der Waals surface area contributed by atoms with Gasteiger partial charge in [-0.1, -0.05) is 0 Å². The SMILES string of the molecule is O=C(O)C1CCC(F)(CNC2CC2)CC1. The monoisotopic (exact) mass is 215 g/mol. The molecule has 86 valence electrons. The van der Waals surface area contributed by atoms with Gasteiger partial charge in [0.25, 0.3) is 0 Å². The second-order valence-electron chi connectivity index (χ2n) is 4.92. The molecule has 0 saturated heterocycles. The van der Waals surface area contributed by atoms with Gasteiger partial charge in [-0.25, -0.2) is 4.39 Å². The van der Waals surface area contributed by atoms with E-state index in [9.17, 15) is 9.18 Å². The molecule has 2 N–H and O–H groups in total. The van der Waals surface area contributed by atoms with E-state index in [1.54, 1.807) is 0 Å². The van der Waals surface area contributed by atoms with Gasteiger partial charge < -0.3 is 10.4 Å². The molecule has 15 heavy (non-hydrogen) atoms. The van der Waals surface area contributed by atoms with Gasteiger partial charge in [0.1, 0.15) is 5.67 Å². The zero-order valence-corrected chi connectivity index (χ0v) is 8.84. The lowest BCUT2D eigenvalue weighted by Gasteiger charge is -2.32. The molecule has 0 radical (unpaired) electrons. The maximum absolute atomic E-state index is 14.1. The van der Waals surface area contributed by atoms with Crippen molar-refractivity contribution in [2.75, 3.05) is 6.54 Å². The maximum atomic E-state index is 14.1. The topological polar surface area (TPSA) is 49.3 Å². The number of hydrogen-bond donors (Lipinski definition) is 2. The van der Waals surface area contributed by atoms with Crippen LogP contribution in [0.25, 0.3) is 0 Å². The lowest BCUT2D eigenvalue weighted by atomic mass is 9.80. The number of nitrogens with one attached hydrogen (secondary N) is 1. The van der Waals surface area contributed by atoms with Gasteiger partial charge in [0.15, 0.2) is 0 Å². The fraction of sp³-hybridized carbons (Fsp3) is 0.909. The Hall–Kier alpha value is -0.640. The fourth-order valence-corrected chi connectivity index (χ4v) is 2.17. The summed E-state index contributed by atoms with van der Waals surface area (Å²) in [6.07, 6.45) is 4.07. The molecule has 2 fully saturated rings. The third-order valence-corrected chi connectivity index (χ3v) is 3.52. The molecule has 0 atom stereocenters. The molecule has 0 aromatic heterocycles. The normalized spacial score (nSPS) is 36.5. The van der Waals surface area contributed by atoms with E-state index in [4.69, 9.17) is 5.11 Å². The summed E-state index contributed by atoms with van der Waals surface area (Å²) in [5, 5.41) is 12.0. The van der Waals surface area contributed by atoms with Gasteiger partial charge in [-0.05, 0) is 38.5 Å². The fourth-order valence-electron chi connectivity index (χ4n) is 2.17. The molecule has 3 nitrogen and oxygen atoms in total. The quantitative estimate of drug-likeness (QED) is 0.750. The van der Waals surface area contributed by atoms with E-state index in [1.807, 2.05) is 0 Å². The van der Waals surface area contributed by atoms with E-state index in [2.05, 4.69) is 5.32 Å². The average Bonchev–Trinajstić information content (AvgIpc) is 2.99. The summed E-state index contributed by atoms with van der Waals surface area (Å²) < 4.78 is 14.1. The number of hydrogen-bond acceptors (Lipinski definition) is 2. The highest BCUT2D eigenvalue weighted by atomic mass is 19.1. The number of alkyl halides is 1. The number of carboxylic acids is 1. The van der Waals surface area contributed by atoms with E-state index in [-0.39, 0.29) is 5.92 Å². The van der Waals surface area contributed by atoms with E-state index < -0.39 is 11.6 Å². The molecule has 2 rings (SSSR count). The average molecular weight is 215 g/mol. The van der Waals surface area contributed by atoms with Crippen LogP contribution in [0.15, 0.2) is 0 Å². The first-order chi connectivity index (χ1) is 7.09. The van der Waals surface area contributed by atoms with Crippen molar-refractivity contribution in [3.63, 3.8) is 0 Å². The molecule has 0 aromatic rings. The minimum atomic E-state index is -1.16. The molecule has 0 amide bonds. The van der Waals surface area contributed by atoms with Crippen LogP contribution < -0.4 is 5.32 Å². The summed E-state index contributed by atoms with van der Waals surface area (Å²) in [5.74, 6) is -1.10. The summed E-state index contributed by atoms with van der Waals surface area (Å²) >= 11 is 0. The van der Waals surface area contributed by atoms with Crippen LogP contribution in [-0.4, -0.2) is 29.3 Å². The second kappa shape index (κ2) is 4.08. The number of carbonyl (C=O) groups is 1. The Balaban J connectivity index is 1.76. The lowest BCUT2D eigenvalue weighted by Crippen LogP contribution is -2.41. The molecule has 0 bridgehead atoms. The molecule has 2 saturated carbocycles. The molecule has 0 heterocycles. The molecular weight excluding hydrogens is 197 g/mol. The van der Waals surface area contributed by atoms with Crippen LogP contribution in [0.5, 0.6) is 0 Å². The molecular formula is C11H18FNO2. The van der Waals surface area contributed by atoms with Crippen molar-refractivity contribution < 1.29 is 14.3 Å². The van der Waals surface area contributed by atoms with Crippen molar-refractivity contribution in [2.45, 2.75) is 50.2 Å². The van der Waals surface area contributed by atoms with Crippen LogP contribution in [0, 0.1) is 5.92 Å². The summed E-state index contributed by atoms with van der Waals surface area (Å²) in [6.45, 7) is 0.407. The summed E-state index contributed by atoms with van der Waals surface area (Å²) in [4.78, 5) is 10.7. The van der Waals surface area contributed by atoms with Gasteiger partial charge in [-0.15, -0.1) is 0 Å². The first kappa shape index (κ1) is 10.9. The van der Waals surface area contributed by atoms with Crippen molar-refractivity contribution in [1.29, 1.82) is 0 Å². The van der Waals surface area contributed by atoms with Gasteiger partial charge in [-0.3, -0.25) is 4.79 Å². The van der Waals surface area contributed by atoms with Crippen molar-refractivity contribution in [1.82, 2.24) is 5.32 Å². The number of carboxylic acid groups (broad SMARTS) is 1. The summed E-state index contributed by atoms with van der Waals surface area (Å²) in [7, 11) is 0. The Morgan fingerprint density at radius 3 is 2.40 bits per heavy atom. The molecule has 4 heteroatoms. The van der Waals surface area contributed by atoms with Crippen molar-refractivity contribution >= 4 is 5.97 Å². The van der Waals surface area contributed by atoms with Crippen LogP contribution >= 0.6 is 0 Å². The third-order valence-electron chi connectivity index (χ3n) is 3.52. The van der Waals surface area contributed by atoms with Gasteiger partial charge >= 0.3 is 5.97 Å². The summed E-state index contributed by atoms with van der Waals surface area (Å²) in [5.41, 5.74) is -1.16. The summed E-state index contributed by atoms with van der Waals surface area (Å²) in [6, 6.07) is 0.523. The highest BCUT2D eigenvalue weighted by Gasteiger charge is 2.38. The van der Waals surface area contributed by atoms with E-state index >= 15 is 0 Å². The minimum absolute atomic E-state index is 0.324. The van der Waals surface area contributed by atoms with E-state index in [1.165, 1.54) is 0 Å². The third kappa shape index (κ3) is 2.91. The molecule has 0 spiro atoms.